The lowest BCUT2D eigenvalue weighted by molar-refractivity contribution is -0.123. The van der Waals surface area contributed by atoms with Gasteiger partial charge in [-0.3, -0.25) is 4.79 Å². The van der Waals surface area contributed by atoms with Gasteiger partial charge in [-0.15, -0.1) is 0 Å². The number of hydrogen-bond donors (Lipinski definition) is 0. The molecule has 1 aromatic rings. The maximum Gasteiger partial charge on any atom is 0.266 e. The second-order valence-corrected chi connectivity index (χ2v) is 7.49. The normalized spacial score (nSPS) is 20.8. The Bertz CT molecular complexity index is 601. The number of amides is 1. The van der Waals surface area contributed by atoms with Crippen LogP contribution in [0.5, 0.6) is 0 Å². The van der Waals surface area contributed by atoms with Gasteiger partial charge in [0.1, 0.15) is 0 Å². The average Bonchev–Trinajstić information content (AvgIpc) is 3.10. The predicted octanol–water partition coefficient (Wildman–Crippen LogP) is 2.66. The highest BCUT2D eigenvalue weighted by molar-refractivity contribution is 7.89. The summed E-state index contributed by atoms with van der Waals surface area (Å²) < 4.78 is 25.8. The summed E-state index contributed by atoms with van der Waals surface area (Å²) in [6, 6.07) is 7.11. The largest absolute Gasteiger partial charge is 0.274 e. The van der Waals surface area contributed by atoms with Gasteiger partial charge in [-0.1, -0.05) is 25.0 Å². The monoisotopic (exact) mass is 293 g/mol. The molecule has 2 aliphatic rings. The SMILES string of the molecule is O=C1CCCN1S(=O)(=O)c1ccc(C2CCCC2)cc1. The minimum atomic E-state index is -3.64. The Balaban J connectivity index is 1.85. The van der Waals surface area contributed by atoms with Gasteiger partial charge in [0.25, 0.3) is 10.0 Å². The minimum absolute atomic E-state index is 0.231. The summed E-state index contributed by atoms with van der Waals surface area (Å²) in [6.07, 6.45) is 5.85. The molecule has 1 amide bonds. The van der Waals surface area contributed by atoms with Gasteiger partial charge in [-0.25, -0.2) is 12.7 Å². The highest BCUT2D eigenvalue weighted by atomic mass is 32.2. The smallest absolute Gasteiger partial charge is 0.266 e. The molecule has 3 rings (SSSR count). The first-order valence-electron chi connectivity index (χ1n) is 7.24. The van der Waals surface area contributed by atoms with Crippen molar-refractivity contribution in [2.24, 2.45) is 0 Å². The number of nitrogens with zero attached hydrogens (tertiary/aromatic N) is 1. The van der Waals surface area contributed by atoms with Crippen LogP contribution >= 0.6 is 0 Å². The number of carbonyl (C=O) groups excluding carboxylic acids is 1. The number of carbonyl (C=O) groups is 1. The van der Waals surface area contributed by atoms with Gasteiger partial charge in [0.15, 0.2) is 0 Å². The Kier molecular flexibility index (Phi) is 3.54. The van der Waals surface area contributed by atoms with Gasteiger partial charge in [0.2, 0.25) is 5.91 Å². The molecule has 0 unspecified atom stereocenters. The molecule has 5 heteroatoms. The van der Waals surface area contributed by atoms with Crippen LogP contribution in [0.15, 0.2) is 29.2 Å². The third-order valence-corrected chi connectivity index (χ3v) is 6.16. The first-order valence-corrected chi connectivity index (χ1v) is 8.68. The van der Waals surface area contributed by atoms with E-state index in [0.717, 1.165) is 4.31 Å². The third kappa shape index (κ3) is 2.35. The van der Waals surface area contributed by atoms with E-state index in [1.165, 1.54) is 31.2 Å². The van der Waals surface area contributed by atoms with Crippen molar-refractivity contribution in [3.8, 4) is 0 Å². The van der Waals surface area contributed by atoms with E-state index in [-0.39, 0.29) is 10.8 Å². The molecule has 1 aliphatic carbocycles. The molecule has 1 heterocycles. The first-order chi connectivity index (χ1) is 9.59. The van der Waals surface area contributed by atoms with Crippen molar-refractivity contribution >= 4 is 15.9 Å². The van der Waals surface area contributed by atoms with Crippen LogP contribution in [0, 0.1) is 0 Å². The lowest BCUT2D eigenvalue weighted by Gasteiger charge is -2.17. The fourth-order valence-electron chi connectivity index (χ4n) is 3.18. The van der Waals surface area contributed by atoms with Crippen LogP contribution < -0.4 is 0 Å². The minimum Gasteiger partial charge on any atom is -0.274 e. The van der Waals surface area contributed by atoms with Crippen LogP contribution in [0.4, 0.5) is 0 Å². The molecule has 1 saturated carbocycles. The molecule has 0 spiro atoms. The lowest BCUT2D eigenvalue weighted by atomic mass is 9.98. The standard InChI is InChI=1S/C15H19NO3S/c17-15-6-3-11-16(15)20(18,19)14-9-7-13(8-10-14)12-4-1-2-5-12/h7-10,12H,1-6,11H2. The summed E-state index contributed by atoms with van der Waals surface area (Å²) in [7, 11) is -3.64. The first kappa shape index (κ1) is 13.6. The quantitative estimate of drug-likeness (QED) is 0.861. The molecule has 0 atom stereocenters. The molecule has 0 bridgehead atoms. The van der Waals surface area contributed by atoms with E-state index in [9.17, 15) is 13.2 Å². The second-order valence-electron chi connectivity index (χ2n) is 5.62. The summed E-state index contributed by atoms with van der Waals surface area (Å²) in [5.41, 5.74) is 1.22. The topological polar surface area (TPSA) is 54.5 Å². The van der Waals surface area contributed by atoms with Crippen LogP contribution in [0.1, 0.15) is 50.0 Å². The molecule has 2 fully saturated rings. The molecule has 108 valence electrons. The van der Waals surface area contributed by atoms with E-state index in [1.807, 2.05) is 12.1 Å². The lowest BCUT2D eigenvalue weighted by Crippen LogP contribution is -2.31. The van der Waals surface area contributed by atoms with Crippen molar-refractivity contribution < 1.29 is 13.2 Å². The van der Waals surface area contributed by atoms with Crippen LogP contribution in [0.3, 0.4) is 0 Å². The molecule has 0 N–H and O–H groups in total. The molecule has 20 heavy (non-hydrogen) atoms. The number of rotatable bonds is 3. The van der Waals surface area contributed by atoms with Gasteiger partial charge >= 0.3 is 0 Å². The highest BCUT2D eigenvalue weighted by Crippen LogP contribution is 2.34. The number of hydrogen-bond acceptors (Lipinski definition) is 3. The van der Waals surface area contributed by atoms with E-state index < -0.39 is 10.0 Å². The predicted molar refractivity (Wildman–Crippen MR) is 75.8 cm³/mol. The highest BCUT2D eigenvalue weighted by Gasteiger charge is 2.32. The van der Waals surface area contributed by atoms with Crippen LogP contribution in [0.25, 0.3) is 0 Å². The molecule has 4 nitrogen and oxygen atoms in total. The summed E-state index contributed by atoms with van der Waals surface area (Å²) in [5.74, 6) is 0.282. The van der Waals surface area contributed by atoms with E-state index in [4.69, 9.17) is 0 Å². The number of benzene rings is 1. The Morgan fingerprint density at radius 3 is 2.20 bits per heavy atom. The van der Waals surface area contributed by atoms with E-state index >= 15 is 0 Å². The maximum absolute atomic E-state index is 12.4. The van der Waals surface area contributed by atoms with Crippen LogP contribution in [-0.4, -0.2) is 25.2 Å². The molecule has 1 aliphatic heterocycles. The molecule has 0 radical (unpaired) electrons. The van der Waals surface area contributed by atoms with Crippen molar-refractivity contribution in [2.45, 2.75) is 49.3 Å². The Morgan fingerprint density at radius 1 is 1.00 bits per heavy atom. The van der Waals surface area contributed by atoms with Gasteiger partial charge < -0.3 is 0 Å². The Morgan fingerprint density at radius 2 is 1.65 bits per heavy atom. The van der Waals surface area contributed by atoms with Crippen molar-refractivity contribution in [2.75, 3.05) is 6.54 Å². The second kappa shape index (κ2) is 5.20. The summed E-state index contributed by atoms with van der Waals surface area (Å²) in [6.45, 7) is 0.311. The van der Waals surface area contributed by atoms with E-state index in [0.29, 0.717) is 25.3 Å². The molecule has 1 aromatic carbocycles. The maximum atomic E-state index is 12.4. The number of sulfonamides is 1. The molecular weight excluding hydrogens is 274 g/mol. The zero-order chi connectivity index (χ0) is 14.2. The summed E-state index contributed by atoms with van der Waals surface area (Å²) >= 11 is 0. The Labute approximate surface area is 119 Å². The van der Waals surface area contributed by atoms with Gasteiger partial charge in [0.05, 0.1) is 4.90 Å². The summed E-state index contributed by atoms with van der Waals surface area (Å²) in [5, 5.41) is 0. The van der Waals surface area contributed by atoms with Crippen molar-refractivity contribution in [3.63, 3.8) is 0 Å². The zero-order valence-electron chi connectivity index (χ0n) is 11.4. The fourth-order valence-corrected chi connectivity index (χ4v) is 4.64. The summed E-state index contributed by atoms with van der Waals surface area (Å²) in [4.78, 5) is 11.8. The van der Waals surface area contributed by atoms with Crippen LogP contribution in [-0.2, 0) is 14.8 Å². The molecular formula is C15H19NO3S. The van der Waals surface area contributed by atoms with E-state index in [1.54, 1.807) is 12.1 Å². The van der Waals surface area contributed by atoms with Crippen molar-refractivity contribution in [1.29, 1.82) is 0 Å². The van der Waals surface area contributed by atoms with Crippen molar-refractivity contribution in [3.05, 3.63) is 29.8 Å². The van der Waals surface area contributed by atoms with E-state index in [2.05, 4.69) is 0 Å². The fraction of sp³-hybridized carbons (Fsp3) is 0.533. The van der Waals surface area contributed by atoms with Crippen molar-refractivity contribution in [1.82, 2.24) is 4.31 Å². The molecule has 0 aromatic heterocycles. The zero-order valence-corrected chi connectivity index (χ0v) is 12.2. The van der Waals surface area contributed by atoms with Crippen LogP contribution in [0.2, 0.25) is 0 Å². The van der Waals surface area contributed by atoms with Gasteiger partial charge in [-0.2, -0.15) is 0 Å². The average molecular weight is 293 g/mol. The molecule has 1 saturated heterocycles. The van der Waals surface area contributed by atoms with Gasteiger partial charge in [0, 0.05) is 13.0 Å². The third-order valence-electron chi connectivity index (χ3n) is 4.32. The Hall–Kier alpha value is -1.36. The van der Waals surface area contributed by atoms with Gasteiger partial charge in [-0.05, 0) is 42.9 Å².